The average molecular weight is 332 g/mol. The van der Waals surface area contributed by atoms with E-state index in [0.717, 1.165) is 10.8 Å². The van der Waals surface area contributed by atoms with Crippen molar-refractivity contribution in [3.05, 3.63) is 39.5 Å². The zero-order valence-electron chi connectivity index (χ0n) is 10.5. The minimum absolute atomic E-state index is 0.00517. The summed E-state index contributed by atoms with van der Waals surface area (Å²) in [5, 5.41) is 8.19. The van der Waals surface area contributed by atoms with Crippen molar-refractivity contribution in [3.8, 4) is 0 Å². The summed E-state index contributed by atoms with van der Waals surface area (Å²) < 4.78 is 23.1. The van der Waals surface area contributed by atoms with Gasteiger partial charge < -0.3 is 11.1 Å². The van der Waals surface area contributed by atoms with Crippen molar-refractivity contribution < 1.29 is 8.42 Å². The van der Waals surface area contributed by atoms with Crippen LogP contribution in [0.2, 0.25) is 4.34 Å². The zero-order chi connectivity index (χ0) is 14.8. The van der Waals surface area contributed by atoms with Gasteiger partial charge in [0.15, 0.2) is 0 Å². The number of sulfonamides is 1. The number of thiophene rings is 1. The van der Waals surface area contributed by atoms with E-state index in [4.69, 9.17) is 22.5 Å². The first-order valence-corrected chi connectivity index (χ1v) is 8.51. The summed E-state index contributed by atoms with van der Waals surface area (Å²) in [6, 6.07) is 8.21. The van der Waals surface area contributed by atoms with Crippen LogP contribution in [-0.4, -0.2) is 15.0 Å². The number of benzene rings is 1. The topological polar surface area (TPSA) is 98.2 Å². The van der Waals surface area contributed by atoms with Crippen molar-refractivity contribution in [1.82, 2.24) is 0 Å². The Balaban J connectivity index is 2.00. The molecule has 20 heavy (non-hydrogen) atoms. The Kier molecular flexibility index (Phi) is 4.54. The predicted molar refractivity (Wildman–Crippen MR) is 83.8 cm³/mol. The fourth-order valence-corrected chi connectivity index (χ4v) is 3.32. The molecule has 0 amide bonds. The zero-order valence-corrected chi connectivity index (χ0v) is 12.9. The minimum Gasteiger partial charge on any atom is -0.397 e. The largest absolute Gasteiger partial charge is 0.397 e. The second kappa shape index (κ2) is 6.01. The van der Waals surface area contributed by atoms with Crippen molar-refractivity contribution in [2.45, 2.75) is 11.3 Å². The number of halogens is 1. The van der Waals surface area contributed by atoms with E-state index in [1.807, 2.05) is 12.1 Å². The standard InChI is InChI=1S/C12H14ClN3O2S2/c13-12-4-1-8(19-12)5-6-16-11-3-2-9(7-10(11)14)20(15,17)18/h1-4,7,16H,5-6,14H2,(H2,15,17,18). The molecule has 108 valence electrons. The van der Waals surface area contributed by atoms with Crippen molar-refractivity contribution in [2.75, 3.05) is 17.6 Å². The molecule has 8 heteroatoms. The maximum Gasteiger partial charge on any atom is 0.238 e. The summed E-state index contributed by atoms with van der Waals surface area (Å²) >= 11 is 7.38. The Hall–Kier alpha value is -1.28. The van der Waals surface area contributed by atoms with Gasteiger partial charge in [0.1, 0.15) is 0 Å². The first kappa shape index (κ1) is 15.1. The summed E-state index contributed by atoms with van der Waals surface area (Å²) in [6.45, 7) is 0.676. The van der Waals surface area contributed by atoms with E-state index in [9.17, 15) is 8.42 Å². The van der Waals surface area contributed by atoms with E-state index in [1.54, 1.807) is 6.07 Å². The second-order valence-corrected chi connectivity index (χ2v) is 7.54. The number of anilines is 2. The second-order valence-electron chi connectivity index (χ2n) is 4.18. The van der Waals surface area contributed by atoms with Crippen LogP contribution >= 0.6 is 22.9 Å². The van der Waals surface area contributed by atoms with E-state index in [1.165, 1.54) is 28.3 Å². The summed E-state index contributed by atoms with van der Waals surface area (Å²) in [5.74, 6) is 0. The van der Waals surface area contributed by atoms with Crippen molar-refractivity contribution in [1.29, 1.82) is 0 Å². The van der Waals surface area contributed by atoms with E-state index < -0.39 is 10.0 Å². The molecule has 2 aromatic rings. The molecule has 0 unspecified atom stereocenters. The van der Waals surface area contributed by atoms with E-state index in [-0.39, 0.29) is 4.90 Å². The van der Waals surface area contributed by atoms with Gasteiger partial charge in [0.05, 0.1) is 20.6 Å². The highest BCUT2D eigenvalue weighted by molar-refractivity contribution is 7.89. The quantitative estimate of drug-likeness (QED) is 0.732. The molecule has 0 atom stereocenters. The molecule has 0 saturated carbocycles. The third kappa shape index (κ3) is 3.86. The van der Waals surface area contributed by atoms with E-state index in [2.05, 4.69) is 5.32 Å². The first-order chi connectivity index (χ1) is 9.36. The Labute approximate surface area is 126 Å². The number of rotatable bonds is 5. The van der Waals surface area contributed by atoms with Gasteiger partial charge in [0.25, 0.3) is 0 Å². The van der Waals surface area contributed by atoms with Gasteiger partial charge in [-0.1, -0.05) is 11.6 Å². The highest BCUT2D eigenvalue weighted by Gasteiger charge is 2.09. The van der Waals surface area contributed by atoms with Gasteiger partial charge in [0.2, 0.25) is 10.0 Å². The highest BCUT2D eigenvalue weighted by atomic mass is 35.5. The van der Waals surface area contributed by atoms with Gasteiger partial charge in [-0.25, -0.2) is 13.6 Å². The Bertz CT molecular complexity index is 713. The Morgan fingerprint density at radius 3 is 2.55 bits per heavy atom. The molecule has 0 aliphatic carbocycles. The van der Waals surface area contributed by atoms with Crippen LogP contribution in [0.4, 0.5) is 11.4 Å². The lowest BCUT2D eigenvalue weighted by Crippen LogP contribution is -2.13. The molecule has 0 bridgehead atoms. The molecular formula is C12H14ClN3O2S2. The maximum absolute atomic E-state index is 11.2. The fraction of sp³-hybridized carbons (Fsp3) is 0.167. The van der Waals surface area contributed by atoms with Crippen LogP contribution in [0.1, 0.15) is 4.88 Å². The average Bonchev–Trinajstić information content (AvgIpc) is 2.76. The molecule has 0 saturated heterocycles. The first-order valence-electron chi connectivity index (χ1n) is 5.76. The van der Waals surface area contributed by atoms with Crippen LogP contribution in [-0.2, 0) is 16.4 Å². The van der Waals surface area contributed by atoms with Crippen molar-refractivity contribution in [2.24, 2.45) is 5.14 Å². The van der Waals surface area contributed by atoms with Gasteiger partial charge in [-0.2, -0.15) is 0 Å². The van der Waals surface area contributed by atoms with Crippen molar-refractivity contribution in [3.63, 3.8) is 0 Å². The molecule has 0 aliphatic heterocycles. The lowest BCUT2D eigenvalue weighted by atomic mass is 10.2. The number of nitrogens with one attached hydrogen (secondary N) is 1. The van der Waals surface area contributed by atoms with E-state index in [0.29, 0.717) is 17.9 Å². The third-order valence-electron chi connectivity index (χ3n) is 2.67. The van der Waals surface area contributed by atoms with Crippen LogP contribution in [0.3, 0.4) is 0 Å². The SMILES string of the molecule is Nc1cc(S(N)(=O)=O)ccc1NCCc1ccc(Cl)s1. The summed E-state index contributed by atoms with van der Waals surface area (Å²) in [6.07, 6.45) is 0.813. The van der Waals surface area contributed by atoms with Gasteiger partial charge in [0, 0.05) is 11.4 Å². The Morgan fingerprint density at radius 2 is 2.00 bits per heavy atom. The van der Waals surface area contributed by atoms with Gasteiger partial charge in [-0.15, -0.1) is 11.3 Å². The molecule has 2 rings (SSSR count). The number of nitrogens with two attached hydrogens (primary N) is 2. The summed E-state index contributed by atoms with van der Waals surface area (Å²) in [7, 11) is -3.72. The number of hydrogen-bond acceptors (Lipinski definition) is 5. The molecule has 1 aromatic carbocycles. The normalized spacial score (nSPS) is 11.5. The highest BCUT2D eigenvalue weighted by Crippen LogP contribution is 2.24. The van der Waals surface area contributed by atoms with Crippen LogP contribution in [0.5, 0.6) is 0 Å². The van der Waals surface area contributed by atoms with Crippen LogP contribution in [0.25, 0.3) is 0 Å². The number of nitrogen functional groups attached to an aromatic ring is 1. The minimum atomic E-state index is -3.72. The molecule has 1 aromatic heterocycles. The van der Waals surface area contributed by atoms with Crippen LogP contribution in [0, 0.1) is 0 Å². The molecule has 1 heterocycles. The van der Waals surface area contributed by atoms with Crippen LogP contribution < -0.4 is 16.2 Å². The lowest BCUT2D eigenvalue weighted by Gasteiger charge is -2.09. The van der Waals surface area contributed by atoms with Gasteiger partial charge in [-0.3, -0.25) is 0 Å². The molecular weight excluding hydrogens is 318 g/mol. The Morgan fingerprint density at radius 1 is 1.25 bits per heavy atom. The molecule has 5 N–H and O–H groups in total. The predicted octanol–water partition coefficient (Wildman–Crippen LogP) is 2.29. The maximum atomic E-state index is 11.2. The smallest absolute Gasteiger partial charge is 0.238 e. The third-order valence-corrected chi connectivity index (χ3v) is 4.87. The molecule has 0 aliphatic rings. The van der Waals surface area contributed by atoms with E-state index >= 15 is 0 Å². The van der Waals surface area contributed by atoms with Crippen molar-refractivity contribution >= 4 is 44.3 Å². The number of primary sulfonamides is 1. The molecule has 5 nitrogen and oxygen atoms in total. The van der Waals surface area contributed by atoms with Crippen LogP contribution in [0.15, 0.2) is 35.2 Å². The van der Waals surface area contributed by atoms with Gasteiger partial charge in [-0.05, 0) is 36.8 Å². The lowest BCUT2D eigenvalue weighted by molar-refractivity contribution is 0.598. The summed E-state index contributed by atoms with van der Waals surface area (Å²) in [5.41, 5.74) is 6.83. The number of hydrogen-bond donors (Lipinski definition) is 3. The molecule has 0 fully saturated rings. The monoisotopic (exact) mass is 331 g/mol. The summed E-state index contributed by atoms with van der Waals surface area (Å²) in [4.78, 5) is 1.17. The molecule has 0 radical (unpaired) electrons. The van der Waals surface area contributed by atoms with Gasteiger partial charge >= 0.3 is 0 Å². The fourth-order valence-electron chi connectivity index (χ4n) is 1.69. The molecule has 0 spiro atoms.